The highest BCUT2D eigenvalue weighted by Crippen LogP contribution is 2.30. The lowest BCUT2D eigenvalue weighted by Gasteiger charge is -2.30. The summed E-state index contributed by atoms with van der Waals surface area (Å²) in [5, 5.41) is 16.5. The van der Waals surface area contributed by atoms with Crippen molar-refractivity contribution in [3.63, 3.8) is 0 Å². The molecular weight excluding hydrogens is 379 g/mol. The second kappa shape index (κ2) is 7.61. The van der Waals surface area contributed by atoms with Crippen LogP contribution in [0.5, 0.6) is 5.75 Å². The van der Waals surface area contributed by atoms with Crippen molar-refractivity contribution in [3.8, 4) is 5.75 Å². The third kappa shape index (κ3) is 4.08. The summed E-state index contributed by atoms with van der Waals surface area (Å²) in [6.07, 6.45) is 2.79. The highest BCUT2D eigenvalue weighted by Gasteiger charge is 2.32. The van der Waals surface area contributed by atoms with E-state index in [-0.39, 0.29) is 16.6 Å². The van der Waals surface area contributed by atoms with Gasteiger partial charge in [0.15, 0.2) is 18.2 Å². The van der Waals surface area contributed by atoms with Crippen LogP contribution in [0.3, 0.4) is 0 Å². The predicted molar refractivity (Wildman–Crippen MR) is 91.3 cm³/mol. The minimum atomic E-state index is -3.86. The quantitative estimate of drug-likeness (QED) is 0.771. The van der Waals surface area contributed by atoms with Gasteiger partial charge in [0.05, 0.1) is 4.90 Å². The van der Waals surface area contributed by atoms with Crippen LogP contribution in [0.4, 0.5) is 4.39 Å². The zero-order valence-electron chi connectivity index (χ0n) is 14.6. The lowest BCUT2D eigenvalue weighted by atomic mass is 9.97. The molecule has 1 aliphatic rings. The second-order valence-corrected chi connectivity index (χ2v) is 8.19. The first-order chi connectivity index (χ1) is 12.8. The van der Waals surface area contributed by atoms with Gasteiger partial charge in [-0.3, -0.25) is 0 Å². The van der Waals surface area contributed by atoms with E-state index >= 15 is 0 Å². The van der Waals surface area contributed by atoms with Crippen LogP contribution in [0.15, 0.2) is 29.4 Å². The normalized spacial score (nSPS) is 16.4. The molecule has 0 aliphatic carbocycles. The van der Waals surface area contributed by atoms with E-state index in [0.717, 1.165) is 18.0 Å². The third-order valence-electron chi connectivity index (χ3n) is 4.46. The van der Waals surface area contributed by atoms with E-state index in [1.54, 1.807) is 6.33 Å². The minimum Gasteiger partial charge on any atom is -0.479 e. The SMILES string of the molecule is Cn1cnnc1C1CCN(S(=O)(=O)c2ccc(OCC(=O)O)c(F)c2)CC1. The highest BCUT2D eigenvalue weighted by molar-refractivity contribution is 7.89. The fourth-order valence-electron chi connectivity index (χ4n) is 3.06. The van der Waals surface area contributed by atoms with Gasteiger partial charge in [-0.05, 0) is 31.0 Å². The lowest BCUT2D eigenvalue weighted by molar-refractivity contribution is -0.139. The van der Waals surface area contributed by atoms with Crippen LogP contribution in [-0.4, -0.2) is 58.3 Å². The van der Waals surface area contributed by atoms with Crippen LogP contribution in [-0.2, 0) is 21.9 Å². The number of aromatic nitrogens is 3. The summed E-state index contributed by atoms with van der Waals surface area (Å²) in [5.74, 6) is -1.55. The second-order valence-electron chi connectivity index (χ2n) is 6.25. The molecule has 0 spiro atoms. The summed E-state index contributed by atoms with van der Waals surface area (Å²) in [7, 11) is -2.01. The van der Waals surface area contributed by atoms with E-state index in [1.807, 2.05) is 11.6 Å². The molecule has 2 heterocycles. The van der Waals surface area contributed by atoms with Gasteiger partial charge in [-0.1, -0.05) is 0 Å². The number of hydrogen-bond donors (Lipinski definition) is 1. The molecule has 0 unspecified atom stereocenters. The summed E-state index contributed by atoms with van der Waals surface area (Å²) < 4.78 is 47.5. The van der Waals surface area contributed by atoms with E-state index in [9.17, 15) is 17.6 Å². The summed E-state index contributed by atoms with van der Waals surface area (Å²) in [4.78, 5) is 10.3. The number of carbonyl (C=O) groups is 1. The minimum absolute atomic E-state index is 0.118. The molecule has 1 saturated heterocycles. The lowest BCUT2D eigenvalue weighted by Crippen LogP contribution is -2.38. The standard InChI is InChI=1S/C16H19FN4O5S/c1-20-10-18-19-16(20)11-4-6-21(7-5-11)27(24,25)12-2-3-14(13(17)8-12)26-9-15(22)23/h2-3,8,10-11H,4-7,9H2,1H3,(H,22,23). The Labute approximate surface area is 155 Å². The Hall–Kier alpha value is -2.53. The van der Waals surface area contributed by atoms with Gasteiger partial charge < -0.3 is 14.4 Å². The van der Waals surface area contributed by atoms with Crippen LogP contribution < -0.4 is 4.74 Å². The van der Waals surface area contributed by atoms with Gasteiger partial charge in [0, 0.05) is 26.1 Å². The van der Waals surface area contributed by atoms with E-state index in [0.29, 0.717) is 25.9 Å². The molecular formula is C16H19FN4O5S. The molecule has 0 radical (unpaired) electrons. The van der Waals surface area contributed by atoms with E-state index in [4.69, 9.17) is 9.84 Å². The largest absolute Gasteiger partial charge is 0.479 e. The maximum atomic E-state index is 14.1. The van der Waals surface area contributed by atoms with Gasteiger partial charge in [-0.2, -0.15) is 4.31 Å². The topological polar surface area (TPSA) is 115 Å². The van der Waals surface area contributed by atoms with Crippen molar-refractivity contribution in [1.82, 2.24) is 19.1 Å². The Balaban J connectivity index is 1.71. The number of rotatable bonds is 6. The Kier molecular flexibility index (Phi) is 5.42. The molecule has 0 amide bonds. The van der Waals surface area contributed by atoms with Crippen molar-refractivity contribution < 1.29 is 27.4 Å². The van der Waals surface area contributed by atoms with Gasteiger partial charge in [0.2, 0.25) is 10.0 Å². The number of hydrogen-bond acceptors (Lipinski definition) is 6. The molecule has 1 fully saturated rings. The maximum absolute atomic E-state index is 14.1. The van der Waals surface area contributed by atoms with E-state index in [2.05, 4.69) is 10.2 Å². The average molecular weight is 398 g/mol. The number of aliphatic carboxylic acids is 1. The number of ether oxygens (including phenoxy) is 1. The number of nitrogens with zero attached hydrogens (tertiary/aromatic N) is 4. The Morgan fingerprint density at radius 1 is 1.37 bits per heavy atom. The van der Waals surface area contributed by atoms with Crippen molar-refractivity contribution in [2.75, 3.05) is 19.7 Å². The first-order valence-corrected chi connectivity index (χ1v) is 9.71. The molecule has 1 aromatic heterocycles. The number of carboxylic acids is 1. The van der Waals surface area contributed by atoms with Crippen molar-refractivity contribution in [3.05, 3.63) is 36.2 Å². The molecule has 0 saturated carbocycles. The van der Waals surface area contributed by atoms with Gasteiger partial charge in [0.25, 0.3) is 0 Å². The zero-order chi connectivity index (χ0) is 19.6. The van der Waals surface area contributed by atoms with Crippen molar-refractivity contribution >= 4 is 16.0 Å². The number of benzene rings is 1. The van der Waals surface area contributed by atoms with Crippen LogP contribution in [0.1, 0.15) is 24.6 Å². The van der Waals surface area contributed by atoms with Gasteiger partial charge in [-0.25, -0.2) is 17.6 Å². The predicted octanol–water partition coefficient (Wildman–Crippen LogP) is 0.986. The molecule has 3 rings (SSSR count). The van der Waals surface area contributed by atoms with E-state index < -0.39 is 28.4 Å². The Morgan fingerprint density at radius 2 is 2.07 bits per heavy atom. The number of sulfonamides is 1. The summed E-state index contributed by atoms with van der Waals surface area (Å²) in [6.45, 7) is -0.129. The smallest absolute Gasteiger partial charge is 0.341 e. The fourth-order valence-corrected chi connectivity index (χ4v) is 4.55. The molecule has 11 heteroatoms. The average Bonchev–Trinajstić information content (AvgIpc) is 3.06. The van der Waals surface area contributed by atoms with Crippen LogP contribution in [0.25, 0.3) is 0 Å². The van der Waals surface area contributed by atoms with Crippen LogP contribution in [0, 0.1) is 5.82 Å². The van der Waals surface area contributed by atoms with E-state index in [1.165, 1.54) is 10.4 Å². The monoisotopic (exact) mass is 398 g/mol. The third-order valence-corrected chi connectivity index (χ3v) is 6.35. The van der Waals surface area contributed by atoms with Crippen LogP contribution >= 0.6 is 0 Å². The molecule has 1 aliphatic heterocycles. The molecule has 2 aromatic rings. The molecule has 1 N–H and O–H groups in total. The highest BCUT2D eigenvalue weighted by atomic mass is 32.2. The van der Waals surface area contributed by atoms with Crippen molar-refractivity contribution in [1.29, 1.82) is 0 Å². The zero-order valence-corrected chi connectivity index (χ0v) is 15.4. The van der Waals surface area contributed by atoms with Gasteiger partial charge in [-0.15, -0.1) is 10.2 Å². The van der Waals surface area contributed by atoms with Gasteiger partial charge in [0.1, 0.15) is 12.2 Å². The van der Waals surface area contributed by atoms with Crippen molar-refractivity contribution in [2.45, 2.75) is 23.7 Å². The maximum Gasteiger partial charge on any atom is 0.341 e. The molecule has 1 aromatic carbocycles. The first-order valence-electron chi connectivity index (χ1n) is 8.27. The number of piperidine rings is 1. The summed E-state index contributed by atoms with van der Waals surface area (Å²) >= 11 is 0. The Bertz CT molecular complexity index is 938. The molecule has 27 heavy (non-hydrogen) atoms. The van der Waals surface area contributed by atoms with Crippen LogP contribution in [0.2, 0.25) is 0 Å². The molecule has 146 valence electrons. The Morgan fingerprint density at radius 3 is 2.63 bits per heavy atom. The molecule has 0 atom stereocenters. The molecule has 0 bridgehead atoms. The first kappa shape index (κ1) is 19.2. The number of halogens is 1. The summed E-state index contributed by atoms with van der Waals surface area (Å²) in [5.41, 5.74) is 0. The number of aryl methyl sites for hydroxylation is 1. The fraction of sp³-hybridized carbons (Fsp3) is 0.438. The number of carboxylic acid groups (broad SMARTS) is 1. The van der Waals surface area contributed by atoms with Gasteiger partial charge >= 0.3 is 5.97 Å². The summed E-state index contributed by atoms with van der Waals surface area (Å²) in [6, 6.07) is 3.18. The molecule has 9 nitrogen and oxygen atoms in total. The van der Waals surface area contributed by atoms with Crippen molar-refractivity contribution in [2.24, 2.45) is 7.05 Å².